The van der Waals surface area contributed by atoms with Crippen molar-refractivity contribution in [2.75, 3.05) is 0 Å². The number of benzene rings is 4. The molecule has 36 heavy (non-hydrogen) atoms. The van der Waals surface area contributed by atoms with Gasteiger partial charge in [-0.3, -0.25) is 0 Å². The van der Waals surface area contributed by atoms with E-state index in [0.29, 0.717) is 23.7 Å². The Morgan fingerprint density at radius 2 is 1.53 bits per heavy atom. The normalized spacial score (nSPS) is 21.3. The average molecular weight is 467 g/mol. The van der Waals surface area contributed by atoms with Crippen LogP contribution in [0.25, 0.3) is 11.6 Å². The van der Waals surface area contributed by atoms with Gasteiger partial charge in [0.15, 0.2) is 0 Å². The maximum atomic E-state index is 2.54. The highest BCUT2D eigenvalue weighted by Gasteiger charge is 2.39. The Hall–Kier alpha value is -3.64. The van der Waals surface area contributed by atoms with Gasteiger partial charge in [0.2, 0.25) is 0 Å². The van der Waals surface area contributed by atoms with Crippen molar-refractivity contribution in [1.29, 1.82) is 0 Å². The quantitative estimate of drug-likeness (QED) is 0.248. The summed E-state index contributed by atoms with van der Waals surface area (Å²) in [5.41, 5.74) is 11.5. The molecule has 0 heteroatoms. The molecule has 0 aromatic heterocycles. The Morgan fingerprint density at radius 3 is 2.28 bits per heavy atom. The van der Waals surface area contributed by atoms with Crippen LogP contribution in [0, 0.1) is 5.92 Å². The van der Waals surface area contributed by atoms with E-state index < -0.39 is 0 Å². The molecule has 0 N–H and O–H groups in total. The average Bonchev–Trinajstić information content (AvgIpc) is 3.51. The summed E-state index contributed by atoms with van der Waals surface area (Å²) in [6.07, 6.45) is 9.55. The van der Waals surface area contributed by atoms with Gasteiger partial charge in [0.05, 0.1) is 0 Å². The first kappa shape index (κ1) is 22.8. The van der Waals surface area contributed by atoms with Crippen LogP contribution in [0.5, 0.6) is 0 Å². The minimum atomic E-state index is 0.397. The molecule has 0 saturated carbocycles. The van der Waals surface area contributed by atoms with Gasteiger partial charge < -0.3 is 0 Å². The second-order valence-electron chi connectivity index (χ2n) is 10.5. The van der Waals surface area contributed by atoms with Crippen LogP contribution in [0.3, 0.4) is 0 Å². The van der Waals surface area contributed by atoms with Crippen LogP contribution in [0.4, 0.5) is 0 Å². The van der Waals surface area contributed by atoms with Crippen LogP contribution in [0.1, 0.15) is 77.0 Å². The third-order valence-corrected chi connectivity index (χ3v) is 8.35. The van der Waals surface area contributed by atoms with Crippen LogP contribution in [0.2, 0.25) is 0 Å². The van der Waals surface area contributed by atoms with Crippen molar-refractivity contribution < 1.29 is 0 Å². The summed E-state index contributed by atoms with van der Waals surface area (Å²) in [6.45, 7) is 4.68. The molecule has 4 atom stereocenters. The SMILES string of the molecule is CCC1c2cc(C3=Cc4ccccc4C3)ccc2C(c2ccccc2)C1/C=C/C(C)c1ccccc1. The molecule has 4 aromatic carbocycles. The van der Waals surface area contributed by atoms with Crippen LogP contribution in [-0.4, -0.2) is 0 Å². The van der Waals surface area contributed by atoms with Crippen molar-refractivity contribution in [2.45, 2.75) is 44.4 Å². The van der Waals surface area contributed by atoms with Gasteiger partial charge in [0.1, 0.15) is 0 Å². The van der Waals surface area contributed by atoms with E-state index in [-0.39, 0.29) is 0 Å². The minimum Gasteiger partial charge on any atom is -0.0833 e. The Labute approximate surface area is 216 Å². The molecule has 2 aliphatic rings. The molecule has 4 aromatic rings. The molecule has 0 spiro atoms. The van der Waals surface area contributed by atoms with Gasteiger partial charge in [-0.2, -0.15) is 0 Å². The predicted molar refractivity (Wildman–Crippen MR) is 153 cm³/mol. The maximum absolute atomic E-state index is 2.54. The van der Waals surface area contributed by atoms with Crippen molar-refractivity contribution in [3.05, 3.63) is 154 Å². The summed E-state index contributed by atoms with van der Waals surface area (Å²) >= 11 is 0. The summed E-state index contributed by atoms with van der Waals surface area (Å²) in [7, 11) is 0. The van der Waals surface area contributed by atoms with E-state index in [1.165, 1.54) is 39.0 Å². The zero-order valence-electron chi connectivity index (χ0n) is 21.3. The van der Waals surface area contributed by atoms with Crippen molar-refractivity contribution in [3.63, 3.8) is 0 Å². The van der Waals surface area contributed by atoms with Crippen molar-refractivity contribution in [2.24, 2.45) is 5.92 Å². The highest BCUT2D eigenvalue weighted by molar-refractivity contribution is 5.88. The van der Waals surface area contributed by atoms with E-state index in [1.807, 2.05) is 0 Å². The zero-order chi connectivity index (χ0) is 24.5. The molecule has 0 radical (unpaired) electrons. The summed E-state index contributed by atoms with van der Waals surface area (Å²) in [6, 6.07) is 38.1. The van der Waals surface area contributed by atoms with Gasteiger partial charge in [-0.05, 0) is 75.1 Å². The van der Waals surface area contributed by atoms with Crippen molar-refractivity contribution in [3.8, 4) is 0 Å². The lowest BCUT2D eigenvalue weighted by Crippen LogP contribution is -2.11. The third-order valence-electron chi connectivity index (χ3n) is 8.35. The van der Waals surface area contributed by atoms with E-state index in [1.54, 1.807) is 5.56 Å². The lowest BCUT2D eigenvalue weighted by atomic mass is 9.80. The first-order chi connectivity index (χ1) is 17.7. The second kappa shape index (κ2) is 9.78. The predicted octanol–water partition coefficient (Wildman–Crippen LogP) is 9.40. The number of hydrogen-bond acceptors (Lipinski definition) is 0. The molecule has 6 rings (SSSR count). The zero-order valence-corrected chi connectivity index (χ0v) is 21.3. The fourth-order valence-corrected chi connectivity index (χ4v) is 6.45. The van der Waals surface area contributed by atoms with E-state index >= 15 is 0 Å². The third kappa shape index (κ3) is 4.16. The van der Waals surface area contributed by atoms with Crippen LogP contribution in [-0.2, 0) is 6.42 Å². The second-order valence-corrected chi connectivity index (χ2v) is 10.5. The molecule has 0 aliphatic heterocycles. The summed E-state index contributed by atoms with van der Waals surface area (Å²) < 4.78 is 0. The van der Waals surface area contributed by atoms with Crippen LogP contribution < -0.4 is 0 Å². The number of rotatable bonds is 6. The molecule has 0 saturated heterocycles. The fourth-order valence-electron chi connectivity index (χ4n) is 6.45. The van der Waals surface area contributed by atoms with Crippen molar-refractivity contribution in [1.82, 2.24) is 0 Å². The summed E-state index contributed by atoms with van der Waals surface area (Å²) in [5.74, 6) is 1.79. The highest BCUT2D eigenvalue weighted by atomic mass is 14.4. The summed E-state index contributed by atoms with van der Waals surface area (Å²) in [4.78, 5) is 0. The minimum absolute atomic E-state index is 0.397. The fraction of sp³-hybridized carbons (Fsp3) is 0.222. The van der Waals surface area contributed by atoms with E-state index in [4.69, 9.17) is 0 Å². The highest BCUT2D eigenvalue weighted by Crippen LogP contribution is 2.52. The molecule has 0 amide bonds. The monoisotopic (exact) mass is 466 g/mol. The number of fused-ring (bicyclic) bond motifs is 2. The van der Waals surface area contributed by atoms with Gasteiger partial charge >= 0.3 is 0 Å². The molecule has 0 nitrogen and oxygen atoms in total. The first-order valence-electron chi connectivity index (χ1n) is 13.4. The smallest absolute Gasteiger partial charge is 0.0161 e. The molecule has 0 bridgehead atoms. The van der Waals surface area contributed by atoms with Gasteiger partial charge in [0.25, 0.3) is 0 Å². The van der Waals surface area contributed by atoms with Gasteiger partial charge in [0, 0.05) is 5.92 Å². The maximum Gasteiger partial charge on any atom is 0.0161 e. The van der Waals surface area contributed by atoms with Gasteiger partial charge in [-0.1, -0.05) is 135 Å². The molecular weight excluding hydrogens is 432 g/mol. The lowest BCUT2D eigenvalue weighted by molar-refractivity contribution is 0.493. The topological polar surface area (TPSA) is 0 Å². The van der Waals surface area contributed by atoms with Crippen LogP contribution in [0.15, 0.2) is 115 Å². The number of hydrogen-bond donors (Lipinski definition) is 0. The van der Waals surface area contributed by atoms with Crippen molar-refractivity contribution >= 4 is 11.6 Å². The van der Waals surface area contributed by atoms with Gasteiger partial charge in [-0.25, -0.2) is 0 Å². The molecule has 2 aliphatic carbocycles. The largest absolute Gasteiger partial charge is 0.0833 e. The Balaban J connectivity index is 1.39. The van der Waals surface area contributed by atoms with E-state index in [0.717, 1.165) is 12.8 Å². The Morgan fingerprint density at radius 1 is 0.806 bits per heavy atom. The van der Waals surface area contributed by atoms with Gasteiger partial charge in [-0.15, -0.1) is 0 Å². The lowest BCUT2D eigenvalue weighted by Gasteiger charge is -2.23. The van der Waals surface area contributed by atoms with Crippen LogP contribution >= 0.6 is 0 Å². The first-order valence-corrected chi connectivity index (χ1v) is 13.4. The molecule has 0 heterocycles. The Bertz CT molecular complexity index is 1410. The molecule has 178 valence electrons. The standard InChI is InChI=1S/C36H34/c1-3-32-33(20-18-25(2)26-12-6-4-7-13-26)36(27-14-8-5-9-15-27)34-21-19-30(24-35(32)34)31-22-28-16-10-11-17-29(28)23-31/h4-22,24-25,32-33,36H,3,23H2,1-2H3/b20-18+. The van der Waals surface area contributed by atoms with E-state index in [9.17, 15) is 0 Å². The molecular formula is C36H34. The molecule has 0 fully saturated rings. The summed E-state index contributed by atoms with van der Waals surface area (Å²) in [5, 5.41) is 0. The Kier molecular flexibility index (Phi) is 6.20. The van der Waals surface area contributed by atoms with E-state index in [2.05, 4.69) is 135 Å². The number of allylic oxidation sites excluding steroid dienone is 3. The molecule has 4 unspecified atom stereocenters.